The standard InChI is InChI=1S/C24H28N2O5/c1-25(2)18-11-9-16(10-12-18)21-20(22(27)17-7-5-8-19(15-17)31-4)23(28)24(29)26(21)13-6-14-30-3/h5,7-12,15,21,27H,6,13-14H2,1-4H3/t21-/m1/s1. The molecular weight excluding hydrogens is 396 g/mol. The second kappa shape index (κ2) is 9.66. The number of carbonyl (C=O) groups is 2. The fourth-order valence-corrected chi connectivity index (χ4v) is 3.72. The zero-order valence-corrected chi connectivity index (χ0v) is 18.3. The number of benzene rings is 2. The highest BCUT2D eigenvalue weighted by Crippen LogP contribution is 2.40. The number of rotatable bonds is 8. The van der Waals surface area contributed by atoms with Crippen LogP contribution in [0, 0.1) is 0 Å². The van der Waals surface area contributed by atoms with Crippen LogP contribution in [0.3, 0.4) is 0 Å². The molecule has 1 aliphatic heterocycles. The summed E-state index contributed by atoms with van der Waals surface area (Å²) in [6, 6.07) is 13.7. The Morgan fingerprint density at radius 2 is 1.81 bits per heavy atom. The quantitative estimate of drug-likeness (QED) is 0.303. The summed E-state index contributed by atoms with van der Waals surface area (Å²) in [6.07, 6.45) is 0.578. The van der Waals surface area contributed by atoms with Crippen molar-refractivity contribution in [1.29, 1.82) is 0 Å². The highest BCUT2D eigenvalue weighted by atomic mass is 16.5. The molecule has 2 aromatic carbocycles. The molecule has 1 amide bonds. The molecule has 0 saturated carbocycles. The first-order chi connectivity index (χ1) is 14.9. The van der Waals surface area contributed by atoms with Crippen LogP contribution in [-0.2, 0) is 14.3 Å². The van der Waals surface area contributed by atoms with Crippen LogP contribution < -0.4 is 9.64 Å². The van der Waals surface area contributed by atoms with Crippen molar-refractivity contribution in [3.05, 3.63) is 65.2 Å². The summed E-state index contributed by atoms with van der Waals surface area (Å²) in [4.78, 5) is 29.4. The van der Waals surface area contributed by atoms with Crippen LogP contribution in [0.15, 0.2) is 54.1 Å². The molecule has 1 fully saturated rings. The Hall–Kier alpha value is -3.32. The fraction of sp³-hybridized carbons (Fsp3) is 0.333. The monoisotopic (exact) mass is 424 g/mol. The smallest absolute Gasteiger partial charge is 0.295 e. The molecule has 1 aliphatic rings. The summed E-state index contributed by atoms with van der Waals surface area (Å²) in [5.74, 6) is -0.986. The number of ether oxygens (including phenoxy) is 2. The lowest BCUT2D eigenvalue weighted by atomic mass is 9.95. The Morgan fingerprint density at radius 1 is 1.10 bits per heavy atom. The summed E-state index contributed by atoms with van der Waals surface area (Å²) in [6.45, 7) is 0.804. The Labute approximate surface area is 182 Å². The van der Waals surface area contributed by atoms with Gasteiger partial charge in [-0.25, -0.2) is 0 Å². The van der Waals surface area contributed by atoms with E-state index < -0.39 is 17.7 Å². The maximum atomic E-state index is 13.0. The minimum absolute atomic E-state index is 0.0771. The molecular formula is C24H28N2O5. The van der Waals surface area contributed by atoms with Crippen LogP contribution in [0.2, 0.25) is 0 Å². The minimum Gasteiger partial charge on any atom is -0.507 e. The predicted octanol–water partition coefficient (Wildman–Crippen LogP) is 3.22. The molecule has 1 N–H and O–H groups in total. The first kappa shape index (κ1) is 22.4. The van der Waals surface area contributed by atoms with Crippen molar-refractivity contribution < 1.29 is 24.2 Å². The third kappa shape index (κ3) is 4.56. The van der Waals surface area contributed by atoms with E-state index in [9.17, 15) is 14.7 Å². The van der Waals surface area contributed by atoms with Crippen molar-refractivity contribution in [3.8, 4) is 5.75 Å². The number of carbonyl (C=O) groups excluding carboxylic acids is 2. The number of hydrogen-bond acceptors (Lipinski definition) is 6. The number of likely N-dealkylation sites (tertiary alicyclic amines) is 1. The van der Waals surface area contributed by atoms with Crippen molar-refractivity contribution in [1.82, 2.24) is 4.90 Å². The molecule has 1 atom stereocenters. The number of amides is 1. The van der Waals surface area contributed by atoms with Gasteiger partial charge in [0.1, 0.15) is 11.5 Å². The average molecular weight is 424 g/mol. The zero-order valence-electron chi connectivity index (χ0n) is 18.3. The van der Waals surface area contributed by atoms with Crippen LogP contribution in [0.1, 0.15) is 23.6 Å². The molecule has 31 heavy (non-hydrogen) atoms. The van der Waals surface area contributed by atoms with Crippen LogP contribution >= 0.6 is 0 Å². The summed E-state index contributed by atoms with van der Waals surface area (Å²) in [5.41, 5.74) is 2.25. The third-order valence-electron chi connectivity index (χ3n) is 5.36. The maximum absolute atomic E-state index is 13.0. The molecule has 0 bridgehead atoms. The highest BCUT2D eigenvalue weighted by molar-refractivity contribution is 6.46. The van der Waals surface area contributed by atoms with Crippen molar-refractivity contribution in [3.63, 3.8) is 0 Å². The van der Waals surface area contributed by atoms with E-state index in [0.717, 1.165) is 11.3 Å². The van der Waals surface area contributed by atoms with Crippen molar-refractivity contribution in [2.45, 2.75) is 12.5 Å². The lowest BCUT2D eigenvalue weighted by molar-refractivity contribution is -0.140. The van der Waals surface area contributed by atoms with E-state index in [1.54, 1.807) is 31.4 Å². The van der Waals surface area contributed by atoms with Crippen molar-refractivity contribution in [2.75, 3.05) is 46.4 Å². The van der Waals surface area contributed by atoms with Crippen LogP contribution in [0.5, 0.6) is 5.75 Å². The molecule has 2 aromatic rings. The van der Waals surface area contributed by atoms with E-state index in [0.29, 0.717) is 30.9 Å². The largest absolute Gasteiger partial charge is 0.507 e. The van der Waals surface area contributed by atoms with Gasteiger partial charge in [0.15, 0.2) is 0 Å². The zero-order chi connectivity index (χ0) is 22.5. The van der Waals surface area contributed by atoms with Gasteiger partial charge in [-0.05, 0) is 36.2 Å². The molecule has 0 spiro atoms. The van der Waals surface area contributed by atoms with Gasteiger partial charge in [0, 0.05) is 45.6 Å². The number of aliphatic hydroxyl groups is 1. The van der Waals surface area contributed by atoms with Gasteiger partial charge >= 0.3 is 0 Å². The molecule has 1 saturated heterocycles. The number of ketones is 1. The number of aliphatic hydroxyl groups excluding tert-OH is 1. The van der Waals surface area contributed by atoms with Gasteiger partial charge in [0.2, 0.25) is 0 Å². The average Bonchev–Trinajstić information content (AvgIpc) is 3.03. The Balaban J connectivity index is 2.11. The number of anilines is 1. The highest BCUT2D eigenvalue weighted by Gasteiger charge is 2.45. The molecule has 7 heteroatoms. The normalized spacial score (nSPS) is 17.8. The van der Waals surface area contributed by atoms with Gasteiger partial charge < -0.3 is 24.4 Å². The SMILES string of the molecule is COCCCN1C(=O)C(=O)C(=C(O)c2cccc(OC)c2)[C@H]1c1ccc(N(C)C)cc1. The van der Waals surface area contributed by atoms with E-state index in [4.69, 9.17) is 9.47 Å². The Morgan fingerprint density at radius 3 is 2.42 bits per heavy atom. The number of methoxy groups -OCH3 is 2. The third-order valence-corrected chi connectivity index (χ3v) is 5.36. The van der Waals surface area contributed by atoms with E-state index in [2.05, 4.69) is 0 Å². The summed E-state index contributed by atoms with van der Waals surface area (Å²) in [5, 5.41) is 11.1. The van der Waals surface area contributed by atoms with E-state index in [1.165, 1.54) is 12.0 Å². The van der Waals surface area contributed by atoms with Crippen LogP contribution in [-0.4, -0.2) is 63.2 Å². The Kier molecular flexibility index (Phi) is 6.97. The topological polar surface area (TPSA) is 79.3 Å². The maximum Gasteiger partial charge on any atom is 0.295 e. The number of Topliss-reactive ketones (excluding diaryl/α,β-unsaturated/α-hetero) is 1. The summed E-state index contributed by atoms with van der Waals surface area (Å²) in [7, 11) is 7.00. The first-order valence-corrected chi connectivity index (χ1v) is 10.1. The lowest BCUT2D eigenvalue weighted by Gasteiger charge is -2.26. The number of nitrogens with zero attached hydrogens (tertiary/aromatic N) is 2. The minimum atomic E-state index is -0.695. The van der Waals surface area contributed by atoms with Crippen LogP contribution in [0.25, 0.3) is 5.76 Å². The second-order valence-corrected chi connectivity index (χ2v) is 7.56. The van der Waals surface area contributed by atoms with Gasteiger partial charge in [-0.15, -0.1) is 0 Å². The molecule has 164 valence electrons. The first-order valence-electron chi connectivity index (χ1n) is 10.1. The van der Waals surface area contributed by atoms with E-state index in [-0.39, 0.29) is 11.3 Å². The Bertz CT molecular complexity index is 982. The molecule has 0 radical (unpaired) electrons. The van der Waals surface area contributed by atoms with Gasteiger partial charge in [-0.2, -0.15) is 0 Å². The summed E-state index contributed by atoms with van der Waals surface area (Å²) < 4.78 is 10.3. The molecule has 1 heterocycles. The lowest BCUT2D eigenvalue weighted by Crippen LogP contribution is -2.31. The van der Waals surface area contributed by atoms with Gasteiger partial charge in [-0.3, -0.25) is 9.59 Å². The molecule has 7 nitrogen and oxygen atoms in total. The van der Waals surface area contributed by atoms with Crippen molar-refractivity contribution >= 4 is 23.1 Å². The molecule has 0 unspecified atom stereocenters. The van der Waals surface area contributed by atoms with Crippen LogP contribution in [0.4, 0.5) is 5.69 Å². The molecule has 0 aromatic heterocycles. The molecule has 0 aliphatic carbocycles. The van der Waals surface area contributed by atoms with Crippen molar-refractivity contribution in [2.24, 2.45) is 0 Å². The van der Waals surface area contributed by atoms with E-state index in [1.807, 2.05) is 43.3 Å². The second-order valence-electron chi connectivity index (χ2n) is 7.56. The number of hydrogen-bond donors (Lipinski definition) is 1. The fourth-order valence-electron chi connectivity index (χ4n) is 3.72. The van der Waals surface area contributed by atoms with Gasteiger partial charge in [0.05, 0.1) is 18.7 Å². The van der Waals surface area contributed by atoms with E-state index >= 15 is 0 Å². The van der Waals surface area contributed by atoms with Gasteiger partial charge in [0.25, 0.3) is 11.7 Å². The van der Waals surface area contributed by atoms with Gasteiger partial charge in [-0.1, -0.05) is 24.3 Å². The molecule has 3 rings (SSSR count). The predicted molar refractivity (Wildman–Crippen MR) is 119 cm³/mol. The summed E-state index contributed by atoms with van der Waals surface area (Å²) >= 11 is 0.